The lowest BCUT2D eigenvalue weighted by Crippen LogP contribution is -2.34. The molecule has 3 aromatic rings. The van der Waals surface area contributed by atoms with Gasteiger partial charge in [-0.15, -0.1) is 0 Å². The summed E-state index contributed by atoms with van der Waals surface area (Å²) >= 11 is 0. The van der Waals surface area contributed by atoms with Gasteiger partial charge in [0.15, 0.2) is 5.65 Å². The maximum absolute atomic E-state index is 11.2. The third-order valence-electron chi connectivity index (χ3n) is 6.30. The Labute approximate surface area is 182 Å². The zero-order valence-corrected chi connectivity index (χ0v) is 18.0. The molecule has 1 aromatic carbocycles. The Hall–Kier alpha value is -2.77. The maximum atomic E-state index is 11.2. The average molecular weight is 420 g/mol. The Kier molecular flexibility index (Phi) is 5.70. The summed E-state index contributed by atoms with van der Waals surface area (Å²) in [6, 6.07) is 12.6. The molecule has 1 unspecified atom stereocenters. The van der Waals surface area contributed by atoms with Crippen LogP contribution >= 0.6 is 0 Å². The van der Waals surface area contributed by atoms with Gasteiger partial charge in [0.05, 0.1) is 0 Å². The Bertz CT molecular complexity index is 1050. The molecule has 162 valence electrons. The predicted molar refractivity (Wildman–Crippen MR) is 120 cm³/mol. The Balaban J connectivity index is 1.28. The minimum Gasteiger partial charge on any atom is -0.370 e. The summed E-state index contributed by atoms with van der Waals surface area (Å²) < 4.78 is 8.35. The molecule has 2 aliphatic rings. The molecule has 2 saturated heterocycles. The molecule has 1 amide bonds. The van der Waals surface area contributed by atoms with Crippen LogP contribution < -0.4 is 5.32 Å². The van der Waals surface area contributed by atoms with Gasteiger partial charge in [0.1, 0.15) is 17.4 Å². The first-order valence-electron chi connectivity index (χ1n) is 11.2. The number of imidazole rings is 1. The van der Waals surface area contributed by atoms with Crippen molar-refractivity contribution in [3.05, 3.63) is 54.0 Å². The second-order valence-corrected chi connectivity index (χ2v) is 8.57. The van der Waals surface area contributed by atoms with Crippen molar-refractivity contribution in [3.63, 3.8) is 0 Å². The van der Waals surface area contributed by atoms with Gasteiger partial charge in [-0.25, -0.2) is 9.97 Å². The highest BCUT2D eigenvalue weighted by molar-refractivity contribution is 5.88. The molecule has 1 N–H and O–H groups in total. The SMILES string of the molecule is CC(=O)Nc1ccc(CN2CCC(n3c(C4CCCO4)nc4cccnc43)CC2)cc1. The lowest BCUT2D eigenvalue weighted by atomic mass is 10.0. The molecular formula is C24H29N5O2. The number of fused-ring (bicyclic) bond motifs is 1. The van der Waals surface area contributed by atoms with E-state index in [9.17, 15) is 4.79 Å². The summed E-state index contributed by atoms with van der Waals surface area (Å²) in [5, 5.41) is 2.82. The molecular weight excluding hydrogens is 390 g/mol. The highest BCUT2D eigenvalue weighted by Gasteiger charge is 2.30. The second-order valence-electron chi connectivity index (χ2n) is 8.57. The Morgan fingerprint density at radius 2 is 1.97 bits per heavy atom. The summed E-state index contributed by atoms with van der Waals surface area (Å²) in [6.45, 7) is 5.35. The lowest BCUT2D eigenvalue weighted by Gasteiger charge is -2.33. The molecule has 2 aliphatic heterocycles. The topological polar surface area (TPSA) is 72.3 Å². The van der Waals surface area contributed by atoms with Gasteiger partial charge in [-0.1, -0.05) is 12.1 Å². The Morgan fingerprint density at radius 1 is 1.16 bits per heavy atom. The minimum absolute atomic E-state index is 0.0429. The number of likely N-dealkylation sites (tertiary alicyclic amines) is 1. The number of hydrogen-bond donors (Lipinski definition) is 1. The highest BCUT2D eigenvalue weighted by Crippen LogP contribution is 2.35. The van der Waals surface area contributed by atoms with Gasteiger partial charge in [0, 0.05) is 51.1 Å². The van der Waals surface area contributed by atoms with Gasteiger partial charge >= 0.3 is 0 Å². The molecule has 0 radical (unpaired) electrons. The number of pyridine rings is 1. The minimum atomic E-state index is -0.0429. The third kappa shape index (κ3) is 4.34. The van der Waals surface area contributed by atoms with Gasteiger partial charge in [-0.2, -0.15) is 0 Å². The number of amides is 1. The fourth-order valence-electron chi connectivity index (χ4n) is 4.81. The Morgan fingerprint density at radius 3 is 2.68 bits per heavy atom. The van der Waals surface area contributed by atoms with Crippen LogP contribution in [0.2, 0.25) is 0 Å². The molecule has 7 nitrogen and oxygen atoms in total. The lowest BCUT2D eigenvalue weighted by molar-refractivity contribution is -0.114. The van der Waals surface area contributed by atoms with Gasteiger partial charge in [0.2, 0.25) is 5.91 Å². The van der Waals surface area contributed by atoms with E-state index in [1.54, 1.807) is 0 Å². The molecule has 5 rings (SSSR count). The molecule has 0 spiro atoms. The van der Waals surface area contributed by atoms with E-state index in [4.69, 9.17) is 9.72 Å². The van der Waals surface area contributed by atoms with Crippen LogP contribution in [0.3, 0.4) is 0 Å². The fraction of sp³-hybridized carbons (Fsp3) is 0.458. The van der Waals surface area contributed by atoms with Crippen LogP contribution in [-0.2, 0) is 16.1 Å². The van der Waals surface area contributed by atoms with Crippen molar-refractivity contribution >= 4 is 22.8 Å². The third-order valence-corrected chi connectivity index (χ3v) is 6.30. The van der Waals surface area contributed by atoms with E-state index < -0.39 is 0 Å². The van der Waals surface area contributed by atoms with Crippen molar-refractivity contribution in [1.29, 1.82) is 0 Å². The standard InChI is InChI=1S/C24H29N5O2/c1-17(30)26-19-8-6-18(7-9-19)16-28-13-10-20(11-14-28)29-23-21(4-2-12-25-23)27-24(29)22-5-3-15-31-22/h2,4,6-9,12,20,22H,3,5,10-11,13-16H2,1H3,(H,26,30). The number of anilines is 1. The van der Waals surface area contributed by atoms with E-state index in [2.05, 4.69) is 38.0 Å². The predicted octanol–water partition coefficient (Wildman–Crippen LogP) is 4.08. The number of nitrogens with one attached hydrogen (secondary N) is 1. The number of carbonyl (C=O) groups is 1. The molecule has 2 aromatic heterocycles. The normalized spacial score (nSPS) is 20.4. The fourth-order valence-corrected chi connectivity index (χ4v) is 4.81. The number of aromatic nitrogens is 3. The molecule has 31 heavy (non-hydrogen) atoms. The van der Waals surface area contributed by atoms with Crippen LogP contribution in [0.15, 0.2) is 42.6 Å². The van der Waals surface area contributed by atoms with Crippen LogP contribution in [0.25, 0.3) is 11.2 Å². The largest absolute Gasteiger partial charge is 0.370 e. The first kappa shape index (κ1) is 20.2. The first-order valence-corrected chi connectivity index (χ1v) is 11.2. The second kappa shape index (κ2) is 8.77. The number of ether oxygens (including phenoxy) is 1. The molecule has 1 atom stereocenters. The smallest absolute Gasteiger partial charge is 0.221 e. The molecule has 4 heterocycles. The average Bonchev–Trinajstić information content (AvgIpc) is 3.43. The van der Waals surface area contributed by atoms with Gasteiger partial charge in [-0.3, -0.25) is 9.69 Å². The van der Waals surface area contributed by atoms with E-state index in [1.165, 1.54) is 12.5 Å². The van der Waals surface area contributed by atoms with Crippen LogP contribution in [-0.4, -0.2) is 45.0 Å². The number of carbonyl (C=O) groups excluding carboxylic acids is 1. The van der Waals surface area contributed by atoms with Gasteiger partial charge in [-0.05, 0) is 55.5 Å². The van der Waals surface area contributed by atoms with Crippen molar-refractivity contribution in [2.75, 3.05) is 25.0 Å². The van der Waals surface area contributed by atoms with E-state index >= 15 is 0 Å². The molecule has 0 saturated carbocycles. The van der Waals surface area contributed by atoms with Crippen molar-refractivity contribution in [3.8, 4) is 0 Å². The molecule has 0 aliphatic carbocycles. The van der Waals surface area contributed by atoms with E-state index in [0.29, 0.717) is 6.04 Å². The zero-order valence-electron chi connectivity index (χ0n) is 18.0. The maximum Gasteiger partial charge on any atom is 0.221 e. The van der Waals surface area contributed by atoms with Gasteiger partial charge in [0.25, 0.3) is 0 Å². The van der Waals surface area contributed by atoms with E-state index in [1.807, 2.05) is 24.4 Å². The van der Waals surface area contributed by atoms with Crippen molar-refractivity contribution in [2.24, 2.45) is 0 Å². The van der Waals surface area contributed by atoms with Crippen molar-refractivity contribution < 1.29 is 9.53 Å². The first-order chi connectivity index (χ1) is 15.2. The zero-order chi connectivity index (χ0) is 21.2. The van der Waals surface area contributed by atoms with Crippen LogP contribution in [0.4, 0.5) is 5.69 Å². The van der Waals surface area contributed by atoms with Crippen LogP contribution in [0.1, 0.15) is 56.1 Å². The quantitative estimate of drug-likeness (QED) is 0.675. The van der Waals surface area contributed by atoms with Crippen LogP contribution in [0.5, 0.6) is 0 Å². The van der Waals surface area contributed by atoms with Gasteiger partial charge < -0.3 is 14.6 Å². The number of rotatable bonds is 5. The summed E-state index contributed by atoms with van der Waals surface area (Å²) in [7, 11) is 0. The number of hydrogen-bond acceptors (Lipinski definition) is 5. The van der Waals surface area contributed by atoms with E-state index in [0.717, 1.165) is 74.6 Å². The van der Waals surface area contributed by atoms with Crippen molar-refractivity contribution in [1.82, 2.24) is 19.4 Å². The molecule has 7 heteroatoms. The van der Waals surface area contributed by atoms with Crippen molar-refractivity contribution in [2.45, 2.75) is 51.3 Å². The van der Waals surface area contributed by atoms with Crippen LogP contribution in [0, 0.1) is 0 Å². The number of piperidine rings is 1. The summed E-state index contributed by atoms with van der Waals surface area (Å²) in [6.07, 6.45) is 6.24. The molecule has 2 fully saturated rings. The monoisotopic (exact) mass is 419 g/mol. The summed E-state index contributed by atoms with van der Waals surface area (Å²) in [5.41, 5.74) is 4.06. The number of nitrogens with zero attached hydrogens (tertiary/aromatic N) is 4. The highest BCUT2D eigenvalue weighted by atomic mass is 16.5. The van der Waals surface area contributed by atoms with E-state index in [-0.39, 0.29) is 12.0 Å². The summed E-state index contributed by atoms with van der Waals surface area (Å²) in [5.74, 6) is 1.01. The summed E-state index contributed by atoms with van der Waals surface area (Å²) in [4.78, 5) is 23.3. The molecule has 0 bridgehead atoms. The number of benzene rings is 1.